The minimum Gasteiger partial charge on any atom is -0.388 e. The van der Waals surface area contributed by atoms with Crippen LogP contribution in [-0.2, 0) is 13.8 Å². The minimum atomic E-state index is -2.50. The molecule has 1 aromatic carbocycles. The quantitative estimate of drug-likeness (QED) is 0.373. The molecule has 5 atom stereocenters. The molecule has 3 aromatic rings. The molecule has 4 N–H and O–H groups in total. The van der Waals surface area contributed by atoms with Crippen LogP contribution in [0.4, 0.5) is 5.95 Å². The van der Waals surface area contributed by atoms with Gasteiger partial charge >= 0.3 is 8.25 Å². The van der Waals surface area contributed by atoms with Crippen molar-refractivity contribution in [3.63, 3.8) is 0 Å². The number of rotatable bonds is 6. The van der Waals surface area contributed by atoms with Gasteiger partial charge in [-0.15, -0.1) is 16.1 Å². The van der Waals surface area contributed by atoms with E-state index >= 15 is 0 Å². The number of ether oxygens (including phenoxy) is 1. The van der Waals surface area contributed by atoms with Crippen molar-refractivity contribution < 1.29 is 23.5 Å². The second kappa shape index (κ2) is 7.93. The van der Waals surface area contributed by atoms with Crippen LogP contribution >= 0.6 is 19.9 Å². The number of aliphatic hydroxyl groups excluding tert-OH is 1. The predicted molar refractivity (Wildman–Crippen MR) is 107 cm³/mol. The van der Waals surface area contributed by atoms with E-state index in [1.54, 1.807) is 37.3 Å². The smallest absolute Gasteiger partial charge is 0.388 e. The molecule has 1 saturated heterocycles. The van der Waals surface area contributed by atoms with Gasteiger partial charge in [0.15, 0.2) is 23.1 Å². The molecule has 1 fully saturated rings. The number of nitrogens with two attached hydrogens (primary N) is 1. The monoisotopic (exact) mass is 454 g/mol. The fraction of sp³-hybridized carbons (Fsp3) is 0.353. The first-order valence-corrected chi connectivity index (χ1v) is 10.3. The molecule has 0 saturated carbocycles. The molecular formula is C17H18ClN5O6P+. The number of anilines is 1. The molecule has 1 aliphatic heterocycles. The zero-order valence-corrected chi connectivity index (χ0v) is 17.3. The summed E-state index contributed by atoms with van der Waals surface area (Å²) in [7, 11) is -2.50. The number of hydrogen-bond acceptors (Lipinski definition) is 9. The molecule has 1 unspecified atom stereocenters. The van der Waals surface area contributed by atoms with E-state index in [0.717, 1.165) is 0 Å². The number of H-pyrrole nitrogens is 1. The summed E-state index contributed by atoms with van der Waals surface area (Å²) in [4.78, 5) is 21.1. The normalized spacial score (nSPS) is 26.8. The van der Waals surface area contributed by atoms with E-state index in [4.69, 9.17) is 31.1 Å². The van der Waals surface area contributed by atoms with Crippen molar-refractivity contribution in [1.82, 2.24) is 19.5 Å². The summed E-state index contributed by atoms with van der Waals surface area (Å²) in [6, 6.07) is 8.52. The van der Waals surface area contributed by atoms with E-state index < -0.39 is 37.1 Å². The van der Waals surface area contributed by atoms with Crippen LogP contribution < -0.4 is 15.8 Å². The third kappa shape index (κ3) is 3.78. The van der Waals surface area contributed by atoms with Crippen LogP contribution in [0.15, 0.2) is 41.5 Å². The number of nitrogens with one attached hydrogen (secondary N) is 1. The molecule has 4 rings (SSSR count). The van der Waals surface area contributed by atoms with Crippen molar-refractivity contribution >= 4 is 37.0 Å². The molecule has 11 nitrogen and oxygen atoms in total. The Balaban J connectivity index is 1.51. The number of para-hydroxylation sites is 1. The first kappa shape index (κ1) is 20.7. The highest BCUT2D eigenvalue weighted by molar-refractivity contribution is 7.33. The van der Waals surface area contributed by atoms with Crippen LogP contribution in [-0.4, -0.2) is 48.3 Å². The molecule has 30 heavy (non-hydrogen) atoms. The number of alkyl halides is 1. The summed E-state index contributed by atoms with van der Waals surface area (Å²) in [5.41, 5.74) is 5.31. The average Bonchev–Trinajstić information content (AvgIpc) is 3.20. The Morgan fingerprint density at radius 1 is 1.43 bits per heavy atom. The molecule has 1 aliphatic rings. The summed E-state index contributed by atoms with van der Waals surface area (Å²) < 4.78 is 29.7. The van der Waals surface area contributed by atoms with E-state index in [0.29, 0.717) is 5.75 Å². The molecule has 0 radical (unpaired) electrons. The predicted octanol–water partition coefficient (Wildman–Crippen LogP) is 1.71. The Morgan fingerprint density at radius 2 is 2.17 bits per heavy atom. The van der Waals surface area contributed by atoms with Gasteiger partial charge in [0.05, 0.1) is 6.33 Å². The van der Waals surface area contributed by atoms with Crippen LogP contribution in [0.2, 0.25) is 0 Å². The van der Waals surface area contributed by atoms with Crippen molar-refractivity contribution in [2.45, 2.75) is 30.2 Å². The zero-order valence-electron chi connectivity index (χ0n) is 15.6. The Labute approximate surface area is 175 Å². The largest absolute Gasteiger partial charge is 0.750 e. The van der Waals surface area contributed by atoms with E-state index in [9.17, 15) is 14.5 Å². The second-order valence-electron chi connectivity index (χ2n) is 6.82. The summed E-state index contributed by atoms with van der Waals surface area (Å²) in [6.07, 6.45) is -1.74. The molecule has 0 amide bonds. The number of benzene rings is 1. The third-order valence-electron chi connectivity index (χ3n) is 4.69. The Bertz CT molecular complexity index is 1140. The lowest BCUT2D eigenvalue weighted by Gasteiger charge is -2.26. The summed E-state index contributed by atoms with van der Waals surface area (Å²) in [5, 5.41) is 10.7. The Hall–Kier alpha value is -2.56. The van der Waals surface area contributed by atoms with Crippen molar-refractivity contribution in [3.05, 3.63) is 47.0 Å². The molecular weight excluding hydrogens is 437 g/mol. The summed E-state index contributed by atoms with van der Waals surface area (Å²) >= 11 is 6.57. The lowest BCUT2D eigenvalue weighted by Crippen LogP contribution is -2.39. The van der Waals surface area contributed by atoms with Crippen molar-refractivity contribution in [2.75, 3.05) is 12.3 Å². The SMILES string of the molecule is C[C@@]1(Cl)[C@H](O)[C@@H](CO[P+](=O)Oc2ccccc2)O[C@H]1n1cnc2c(=O)[nH]c(N)nc21. The number of nitrogen functional groups attached to an aromatic ring is 1. The number of fused-ring (bicyclic) bond motifs is 1. The van der Waals surface area contributed by atoms with Gasteiger partial charge in [0, 0.05) is 4.57 Å². The molecule has 2 aromatic heterocycles. The maximum atomic E-state index is 12.1. The van der Waals surface area contributed by atoms with Crippen molar-refractivity contribution in [3.8, 4) is 5.75 Å². The highest BCUT2D eigenvalue weighted by atomic mass is 35.5. The standard InChI is InChI=1S/C17H17ClN5O6P/c1-17(18)12(24)10(7-27-30(26)29-9-5-3-2-4-6-9)28-15(17)23-8-20-11-13(23)21-16(19)22-14(11)25/h2-6,8,10,12,15,24H,7H2,1H3,(H2-,19,21,22,25)/p+1/t10-,12-,15-,17-/m1/s1. The number of nitrogens with zero attached hydrogens (tertiary/aromatic N) is 3. The van der Waals surface area contributed by atoms with Gasteiger partial charge < -0.3 is 15.6 Å². The Kier molecular flexibility index (Phi) is 5.48. The van der Waals surface area contributed by atoms with Gasteiger partial charge in [-0.2, -0.15) is 4.98 Å². The van der Waals surface area contributed by atoms with Crippen molar-refractivity contribution in [2.24, 2.45) is 0 Å². The van der Waals surface area contributed by atoms with Crippen LogP contribution in [0.3, 0.4) is 0 Å². The van der Waals surface area contributed by atoms with Crippen LogP contribution in [0.5, 0.6) is 5.75 Å². The van der Waals surface area contributed by atoms with Gasteiger partial charge in [0.1, 0.15) is 23.7 Å². The highest BCUT2D eigenvalue weighted by Gasteiger charge is 2.54. The molecule has 158 valence electrons. The molecule has 0 bridgehead atoms. The van der Waals surface area contributed by atoms with E-state index in [-0.39, 0.29) is 23.7 Å². The van der Waals surface area contributed by atoms with Crippen molar-refractivity contribution in [1.29, 1.82) is 0 Å². The maximum Gasteiger partial charge on any atom is 0.750 e. The Morgan fingerprint density at radius 3 is 2.90 bits per heavy atom. The number of imidazole rings is 1. The van der Waals surface area contributed by atoms with Crippen LogP contribution in [0.1, 0.15) is 13.2 Å². The summed E-state index contributed by atoms with van der Waals surface area (Å²) in [5.74, 6) is 0.282. The first-order valence-electron chi connectivity index (χ1n) is 8.85. The molecule has 13 heteroatoms. The third-order valence-corrected chi connectivity index (χ3v) is 5.82. The van der Waals surface area contributed by atoms with Gasteiger partial charge in [-0.05, 0) is 19.1 Å². The fourth-order valence-corrected chi connectivity index (χ4v) is 4.11. The lowest BCUT2D eigenvalue weighted by atomic mass is 10.0. The fourth-order valence-electron chi connectivity index (χ4n) is 3.19. The minimum absolute atomic E-state index is 0.0498. The molecule has 0 spiro atoms. The first-order chi connectivity index (χ1) is 14.3. The van der Waals surface area contributed by atoms with Crippen LogP contribution in [0.25, 0.3) is 11.2 Å². The number of hydrogen-bond donors (Lipinski definition) is 3. The van der Waals surface area contributed by atoms with Gasteiger partial charge in [-0.25, -0.2) is 9.51 Å². The highest BCUT2D eigenvalue weighted by Crippen LogP contribution is 2.44. The van der Waals surface area contributed by atoms with Gasteiger partial charge in [-0.1, -0.05) is 18.2 Å². The average molecular weight is 455 g/mol. The number of aliphatic hydroxyl groups is 1. The van der Waals surface area contributed by atoms with E-state index in [2.05, 4.69) is 15.0 Å². The number of aromatic nitrogens is 4. The zero-order chi connectivity index (χ0) is 21.5. The van der Waals surface area contributed by atoms with E-state index in [1.165, 1.54) is 10.9 Å². The van der Waals surface area contributed by atoms with Crippen LogP contribution in [0, 0.1) is 0 Å². The maximum absolute atomic E-state index is 12.1. The number of aromatic amines is 1. The van der Waals surface area contributed by atoms with E-state index in [1.807, 2.05) is 0 Å². The molecule has 3 heterocycles. The molecule has 0 aliphatic carbocycles. The van der Waals surface area contributed by atoms with Gasteiger partial charge in [0.2, 0.25) is 5.95 Å². The van der Waals surface area contributed by atoms with Gasteiger partial charge in [0.25, 0.3) is 5.56 Å². The topological polar surface area (TPSA) is 155 Å². The lowest BCUT2D eigenvalue weighted by molar-refractivity contribution is -0.0392. The van der Waals surface area contributed by atoms with Gasteiger partial charge in [-0.3, -0.25) is 14.3 Å². The number of halogens is 1. The second-order valence-corrected chi connectivity index (χ2v) is 8.52. The summed E-state index contributed by atoms with van der Waals surface area (Å²) in [6.45, 7) is 1.32.